The first-order valence-corrected chi connectivity index (χ1v) is 18.5. The van der Waals surface area contributed by atoms with E-state index in [0.29, 0.717) is 19.4 Å². The van der Waals surface area contributed by atoms with Gasteiger partial charge in [0.2, 0.25) is 5.91 Å². The largest absolute Gasteiger partial charge is 0.494 e. The number of hydrogen-bond acceptors (Lipinski definition) is 6. The second kappa shape index (κ2) is 16.6. The minimum absolute atomic E-state index is 0.0442. The summed E-state index contributed by atoms with van der Waals surface area (Å²) in [6.45, 7) is 10.5. The van der Waals surface area contributed by atoms with Crippen LogP contribution in [-0.2, 0) is 23.6 Å². The molecule has 2 aliphatic rings. The average Bonchev–Trinajstić information content (AvgIpc) is 3.47. The predicted molar refractivity (Wildman–Crippen MR) is 203 cm³/mol. The van der Waals surface area contributed by atoms with E-state index in [-0.39, 0.29) is 54.1 Å². The highest BCUT2D eigenvalue weighted by atomic mass is 19.1. The predicted octanol–water partition coefficient (Wildman–Crippen LogP) is 7.94. The topological polar surface area (TPSA) is 77.1 Å². The molecule has 0 saturated carbocycles. The van der Waals surface area contributed by atoms with Gasteiger partial charge < -0.3 is 19.4 Å². The van der Waals surface area contributed by atoms with E-state index in [4.69, 9.17) is 14.0 Å². The molecular formula is C43H50BFN2O5. The van der Waals surface area contributed by atoms with Crippen LogP contribution in [-0.4, -0.2) is 54.3 Å². The van der Waals surface area contributed by atoms with E-state index >= 15 is 0 Å². The lowest BCUT2D eigenvalue weighted by Crippen LogP contribution is -2.50. The first kappa shape index (κ1) is 37.5. The molecule has 2 fully saturated rings. The molecule has 1 N–H and O–H groups in total. The molecule has 4 aromatic carbocycles. The summed E-state index contributed by atoms with van der Waals surface area (Å²) in [5.74, 6) is -1.17. The Morgan fingerprint density at radius 2 is 1.44 bits per heavy atom. The summed E-state index contributed by atoms with van der Waals surface area (Å²) < 4.78 is 33.1. The van der Waals surface area contributed by atoms with Gasteiger partial charge in [-0.3, -0.25) is 14.5 Å². The molecule has 4 aromatic rings. The summed E-state index contributed by atoms with van der Waals surface area (Å²) in [6, 6.07) is 35.9. The minimum atomic E-state index is -0.638. The lowest BCUT2D eigenvalue weighted by molar-refractivity contribution is -0.157. The van der Waals surface area contributed by atoms with E-state index in [1.165, 1.54) is 12.1 Å². The molecule has 6 rings (SSSR count). The van der Waals surface area contributed by atoms with Crippen LogP contribution in [0.1, 0.15) is 77.0 Å². The minimum Gasteiger partial charge on any atom is -0.460 e. The van der Waals surface area contributed by atoms with Gasteiger partial charge in [0.1, 0.15) is 11.4 Å². The summed E-state index contributed by atoms with van der Waals surface area (Å²) in [5.41, 5.74) is 3.04. The maximum atomic E-state index is 14.6. The number of benzene rings is 4. The van der Waals surface area contributed by atoms with E-state index < -0.39 is 24.7 Å². The van der Waals surface area contributed by atoms with Gasteiger partial charge in [-0.25, -0.2) is 4.39 Å². The Labute approximate surface area is 308 Å². The van der Waals surface area contributed by atoms with Gasteiger partial charge in [-0.15, -0.1) is 0 Å². The Bertz CT molecular complexity index is 1750. The molecular weight excluding hydrogens is 654 g/mol. The van der Waals surface area contributed by atoms with Crippen LogP contribution in [0.25, 0.3) is 0 Å². The van der Waals surface area contributed by atoms with Crippen LogP contribution >= 0.6 is 0 Å². The molecule has 0 aromatic heterocycles. The van der Waals surface area contributed by atoms with Crippen LogP contribution < -0.4 is 10.8 Å². The van der Waals surface area contributed by atoms with Crippen molar-refractivity contribution in [1.29, 1.82) is 0 Å². The summed E-state index contributed by atoms with van der Waals surface area (Å²) in [7, 11) is -0.638. The number of carbonyl (C=O) groups excluding carboxylic acids is 2. The van der Waals surface area contributed by atoms with Crippen LogP contribution in [0.5, 0.6) is 0 Å². The molecule has 52 heavy (non-hydrogen) atoms. The van der Waals surface area contributed by atoms with Crippen molar-refractivity contribution in [3.63, 3.8) is 0 Å². The Morgan fingerprint density at radius 1 is 0.846 bits per heavy atom. The molecule has 2 saturated heterocycles. The maximum Gasteiger partial charge on any atom is 0.494 e. The molecule has 0 bridgehead atoms. The van der Waals surface area contributed by atoms with Gasteiger partial charge >= 0.3 is 13.1 Å². The van der Waals surface area contributed by atoms with Gasteiger partial charge in [0.05, 0.1) is 18.4 Å². The number of anilines is 1. The highest BCUT2D eigenvalue weighted by Gasteiger charge is 2.54. The highest BCUT2D eigenvalue weighted by Crippen LogP contribution is 2.53. The van der Waals surface area contributed by atoms with Gasteiger partial charge in [-0.05, 0) is 80.4 Å². The zero-order valence-corrected chi connectivity index (χ0v) is 30.8. The molecule has 0 spiro atoms. The Balaban J connectivity index is 1.34. The summed E-state index contributed by atoms with van der Waals surface area (Å²) in [6.07, 6.45) is 0.638. The first-order chi connectivity index (χ1) is 25.0. The number of nitrogens with zero attached hydrogens (tertiary/aromatic N) is 1. The number of ether oxygens (including phenoxy) is 1. The fourth-order valence-electron chi connectivity index (χ4n) is 8.01. The smallest absolute Gasteiger partial charge is 0.460 e. The number of rotatable bonds is 11. The van der Waals surface area contributed by atoms with E-state index in [2.05, 4.69) is 36.2 Å². The van der Waals surface area contributed by atoms with E-state index in [0.717, 1.165) is 22.3 Å². The molecule has 2 aliphatic heterocycles. The number of halogens is 1. The number of esters is 1. The average molecular weight is 705 g/mol. The third-order valence-electron chi connectivity index (χ3n) is 10.0. The van der Waals surface area contributed by atoms with Crippen molar-refractivity contribution in [2.75, 3.05) is 11.9 Å². The number of hydrogen-bond donors (Lipinski definition) is 1. The summed E-state index contributed by atoms with van der Waals surface area (Å²) in [5, 5.41) is 3.23. The molecule has 272 valence electrons. The lowest BCUT2D eigenvalue weighted by Gasteiger charge is -2.38. The van der Waals surface area contributed by atoms with Crippen LogP contribution in [0.2, 0.25) is 0 Å². The number of nitrogens with one attached hydrogen (secondary N) is 1. The monoisotopic (exact) mass is 704 g/mol. The fourth-order valence-corrected chi connectivity index (χ4v) is 8.01. The van der Waals surface area contributed by atoms with Gasteiger partial charge in [0, 0.05) is 36.3 Å². The van der Waals surface area contributed by atoms with Crippen molar-refractivity contribution in [3.05, 3.63) is 132 Å². The van der Waals surface area contributed by atoms with Crippen LogP contribution in [0.3, 0.4) is 0 Å². The van der Waals surface area contributed by atoms with Crippen molar-refractivity contribution in [3.8, 4) is 0 Å². The maximum absolute atomic E-state index is 14.6. The van der Waals surface area contributed by atoms with Gasteiger partial charge in [0.25, 0.3) is 0 Å². The zero-order valence-electron chi connectivity index (χ0n) is 30.8. The lowest BCUT2D eigenvalue weighted by atomic mass is 9.76. The number of likely N-dealkylation sites (tertiary alicyclic amines) is 1. The van der Waals surface area contributed by atoms with Crippen molar-refractivity contribution in [1.82, 2.24) is 4.90 Å². The molecule has 0 aliphatic carbocycles. The molecule has 9 heteroatoms. The van der Waals surface area contributed by atoms with Crippen LogP contribution in [0, 0.1) is 17.7 Å². The fraction of sp³-hybridized carbons (Fsp3) is 0.395. The molecule has 6 atom stereocenters. The Morgan fingerprint density at radius 3 is 2.06 bits per heavy atom. The Hall–Kier alpha value is -4.31. The van der Waals surface area contributed by atoms with E-state index in [9.17, 15) is 14.0 Å². The molecule has 6 unspecified atom stereocenters. The number of amides is 1. The standard InChI is InChI=1S/C43H50BFN2O5/c1-29(2)40-39(42(49)46-34-19-13-8-14-20-34)38(30-15-9-6-10-16-30)41(31-21-23-33(45)24-22-31)47(40)26-25-35-27-36(28-37(48)50-43(3,4)5)52-44(51-35)32-17-11-7-12-18-32/h6-24,29,35-36,38-41H,25-28H2,1-5H3,(H,46,49). The summed E-state index contributed by atoms with van der Waals surface area (Å²) in [4.78, 5) is 30.0. The molecule has 2 heterocycles. The third-order valence-corrected chi connectivity index (χ3v) is 10.0. The van der Waals surface area contributed by atoms with E-state index in [1.807, 2.05) is 112 Å². The Kier molecular flexibility index (Phi) is 11.9. The van der Waals surface area contributed by atoms with Crippen LogP contribution in [0.4, 0.5) is 10.1 Å². The highest BCUT2D eigenvalue weighted by molar-refractivity contribution is 6.61. The zero-order chi connectivity index (χ0) is 36.8. The van der Waals surface area contributed by atoms with Gasteiger partial charge in [-0.1, -0.05) is 105 Å². The normalized spacial score (nSPS) is 23.8. The SMILES string of the molecule is CC(C)C1C(C(=O)Nc2ccccc2)C(c2ccccc2)C(c2ccc(F)cc2)N1CCC1CC(CC(=O)OC(C)(C)C)OB(c2ccccc2)O1. The summed E-state index contributed by atoms with van der Waals surface area (Å²) >= 11 is 0. The van der Waals surface area contributed by atoms with Crippen molar-refractivity contribution < 1.29 is 28.0 Å². The molecule has 0 radical (unpaired) electrons. The van der Waals surface area contributed by atoms with Gasteiger partial charge in [-0.2, -0.15) is 0 Å². The van der Waals surface area contributed by atoms with Crippen molar-refractivity contribution >= 4 is 30.1 Å². The number of carbonyl (C=O) groups is 2. The van der Waals surface area contributed by atoms with Crippen molar-refractivity contribution in [2.24, 2.45) is 11.8 Å². The quantitative estimate of drug-likeness (QED) is 0.126. The van der Waals surface area contributed by atoms with Crippen LogP contribution in [0.15, 0.2) is 115 Å². The third kappa shape index (κ3) is 9.18. The molecule has 1 amide bonds. The molecule has 7 nitrogen and oxygen atoms in total. The second-order valence-corrected chi connectivity index (χ2v) is 15.4. The first-order valence-electron chi connectivity index (χ1n) is 18.5. The van der Waals surface area contributed by atoms with Crippen molar-refractivity contribution in [2.45, 2.75) is 89.7 Å². The second-order valence-electron chi connectivity index (χ2n) is 15.4. The number of para-hydroxylation sites is 1. The van der Waals surface area contributed by atoms with Gasteiger partial charge in [0.15, 0.2) is 0 Å². The van der Waals surface area contributed by atoms with E-state index in [1.54, 1.807) is 0 Å².